The maximum absolute atomic E-state index is 12.3. The van der Waals surface area contributed by atoms with Crippen molar-refractivity contribution in [1.29, 1.82) is 0 Å². The summed E-state index contributed by atoms with van der Waals surface area (Å²) in [6.07, 6.45) is 0.457. The maximum Gasteiger partial charge on any atom is 0.227 e. The number of amides is 1. The van der Waals surface area contributed by atoms with Gasteiger partial charge in [-0.3, -0.25) is 4.79 Å². The van der Waals surface area contributed by atoms with Crippen molar-refractivity contribution < 1.29 is 4.79 Å². The molecule has 1 aliphatic rings. The molecule has 0 aromatic heterocycles. The Labute approximate surface area is 119 Å². The average molecular weight is 266 g/mol. The molecule has 0 saturated carbocycles. The van der Waals surface area contributed by atoms with Crippen molar-refractivity contribution in [2.45, 2.75) is 26.1 Å². The van der Waals surface area contributed by atoms with Crippen LogP contribution in [0.15, 0.2) is 48.5 Å². The molecule has 3 heteroatoms. The van der Waals surface area contributed by atoms with Crippen LogP contribution in [0.5, 0.6) is 0 Å². The van der Waals surface area contributed by atoms with Crippen molar-refractivity contribution in [3.8, 4) is 0 Å². The van der Waals surface area contributed by atoms with Crippen LogP contribution in [0.25, 0.3) is 0 Å². The van der Waals surface area contributed by atoms with E-state index in [1.54, 1.807) is 0 Å². The smallest absolute Gasteiger partial charge is 0.227 e. The van der Waals surface area contributed by atoms with Gasteiger partial charge in [0.15, 0.2) is 0 Å². The molecule has 0 spiro atoms. The first-order valence-electron chi connectivity index (χ1n) is 6.88. The third-order valence-corrected chi connectivity index (χ3v) is 3.81. The summed E-state index contributed by atoms with van der Waals surface area (Å²) in [6.45, 7) is 2.00. The molecule has 2 aromatic rings. The highest BCUT2D eigenvalue weighted by Gasteiger charge is 2.22. The Morgan fingerprint density at radius 2 is 1.50 bits per heavy atom. The van der Waals surface area contributed by atoms with Crippen molar-refractivity contribution in [2.75, 3.05) is 0 Å². The summed E-state index contributed by atoms with van der Waals surface area (Å²) in [5.74, 6) is 0.182. The standard InChI is InChI=1S/C17H18N2O/c18-10-14-7-5-13(6-8-14)9-17(20)19-11-15-3-1-2-4-16(15)12-19/h1-8H,9-12,18H2. The zero-order chi connectivity index (χ0) is 13.9. The second kappa shape index (κ2) is 5.47. The number of hydrogen-bond donors (Lipinski definition) is 1. The average Bonchev–Trinajstić information content (AvgIpc) is 2.92. The molecular weight excluding hydrogens is 248 g/mol. The normalized spacial score (nSPS) is 13.3. The number of carbonyl (C=O) groups is 1. The fourth-order valence-corrected chi connectivity index (χ4v) is 2.59. The van der Waals surface area contributed by atoms with Crippen LogP contribution in [-0.2, 0) is 30.8 Å². The zero-order valence-electron chi connectivity index (χ0n) is 11.4. The van der Waals surface area contributed by atoms with E-state index in [0.717, 1.165) is 24.2 Å². The number of nitrogens with zero attached hydrogens (tertiary/aromatic N) is 1. The molecule has 3 nitrogen and oxygen atoms in total. The van der Waals surface area contributed by atoms with Crippen molar-refractivity contribution in [2.24, 2.45) is 5.73 Å². The minimum atomic E-state index is 0.182. The Hall–Kier alpha value is -2.13. The van der Waals surface area contributed by atoms with E-state index in [4.69, 9.17) is 5.73 Å². The SMILES string of the molecule is NCc1ccc(CC(=O)N2Cc3ccccc3C2)cc1. The largest absolute Gasteiger partial charge is 0.334 e. The van der Waals surface area contributed by atoms with E-state index < -0.39 is 0 Å². The maximum atomic E-state index is 12.3. The van der Waals surface area contributed by atoms with Gasteiger partial charge in [0.2, 0.25) is 5.91 Å². The molecule has 3 rings (SSSR count). The minimum Gasteiger partial charge on any atom is -0.334 e. The van der Waals surface area contributed by atoms with Crippen LogP contribution in [0.4, 0.5) is 0 Å². The second-order valence-electron chi connectivity index (χ2n) is 5.22. The van der Waals surface area contributed by atoms with E-state index in [9.17, 15) is 4.79 Å². The predicted octanol–water partition coefficient (Wildman–Crippen LogP) is 2.23. The minimum absolute atomic E-state index is 0.182. The lowest BCUT2D eigenvalue weighted by Gasteiger charge is -2.15. The zero-order valence-corrected chi connectivity index (χ0v) is 11.4. The highest BCUT2D eigenvalue weighted by Crippen LogP contribution is 2.22. The molecule has 1 aliphatic heterocycles. The third kappa shape index (κ3) is 2.58. The summed E-state index contributed by atoms with van der Waals surface area (Å²) in [4.78, 5) is 14.3. The summed E-state index contributed by atoms with van der Waals surface area (Å²) in [6, 6.07) is 16.2. The van der Waals surface area contributed by atoms with Gasteiger partial charge in [-0.1, -0.05) is 48.5 Å². The number of carbonyl (C=O) groups excluding carboxylic acids is 1. The molecule has 2 N–H and O–H groups in total. The van der Waals surface area contributed by atoms with Crippen LogP contribution >= 0.6 is 0 Å². The van der Waals surface area contributed by atoms with Gasteiger partial charge in [-0.15, -0.1) is 0 Å². The van der Waals surface area contributed by atoms with Crippen molar-refractivity contribution >= 4 is 5.91 Å². The van der Waals surface area contributed by atoms with Crippen LogP contribution in [0.3, 0.4) is 0 Å². The molecule has 0 fully saturated rings. The highest BCUT2D eigenvalue weighted by atomic mass is 16.2. The van der Waals surface area contributed by atoms with Gasteiger partial charge in [-0.05, 0) is 22.3 Å². The van der Waals surface area contributed by atoms with E-state index in [-0.39, 0.29) is 5.91 Å². The Morgan fingerprint density at radius 3 is 2.05 bits per heavy atom. The number of hydrogen-bond acceptors (Lipinski definition) is 2. The molecule has 0 saturated heterocycles. The van der Waals surface area contributed by atoms with Crippen LogP contribution in [0.2, 0.25) is 0 Å². The first kappa shape index (κ1) is 12.9. The molecular formula is C17H18N2O. The van der Waals surface area contributed by atoms with E-state index in [1.165, 1.54) is 11.1 Å². The molecule has 0 bridgehead atoms. The Kier molecular flexibility index (Phi) is 3.52. The van der Waals surface area contributed by atoms with E-state index >= 15 is 0 Å². The van der Waals surface area contributed by atoms with Gasteiger partial charge >= 0.3 is 0 Å². The third-order valence-electron chi connectivity index (χ3n) is 3.81. The quantitative estimate of drug-likeness (QED) is 0.926. The van der Waals surface area contributed by atoms with Crippen LogP contribution < -0.4 is 5.73 Å². The Balaban J connectivity index is 1.66. The summed E-state index contributed by atoms with van der Waals surface area (Å²) < 4.78 is 0. The van der Waals surface area contributed by atoms with Gasteiger partial charge in [0.25, 0.3) is 0 Å². The number of rotatable bonds is 3. The van der Waals surface area contributed by atoms with Crippen LogP contribution in [0.1, 0.15) is 22.3 Å². The summed E-state index contributed by atoms with van der Waals surface area (Å²) in [7, 11) is 0. The van der Waals surface area contributed by atoms with E-state index in [2.05, 4.69) is 12.1 Å². The van der Waals surface area contributed by atoms with Gasteiger partial charge in [0, 0.05) is 19.6 Å². The lowest BCUT2D eigenvalue weighted by molar-refractivity contribution is -0.131. The molecule has 20 heavy (non-hydrogen) atoms. The molecule has 2 aromatic carbocycles. The number of fused-ring (bicyclic) bond motifs is 1. The monoisotopic (exact) mass is 266 g/mol. The number of benzene rings is 2. The summed E-state index contributed by atoms with van der Waals surface area (Å²) in [5, 5.41) is 0. The van der Waals surface area contributed by atoms with Gasteiger partial charge in [0.1, 0.15) is 0 Å². The summed E-state index contributed by atoms with van der Waals surface area (Å²) >= 11 is 0. The first-order valence-corrected chi connectivity index (χ1v) is 6.88. The fourth-order valence-electron chi connectivity index (χ4n) is 2.59. The fraction of sp³-hybridized carbons (Fsp3) is 0.235. The number of nitrogens with two attached hydrogens (primary N) is 1. The molecule has 0 aliphatic carbocycles. The van der Waals surface area contributed by atoms with Gasteiger partial charge < -0.3 is 10.6 Å². The van der Waals surface area contributed by atoms with Crippen molar-refractivity contribution in [3.63, 3.8) is 0 Å². The molecule has 1 heterocycles. The first-order chi connectivity index (χ1) is 9.76. The van der Waals surface area contributed by atoms with E-state index in [0.29, 0.717) is 13.0 Å². The Morgan fingerprint density at radius 1 is 0.950 bits per heavy atom. The van der Waals surface area contributed by atoms with E-state index in [1.807, 2.05) is 41.3 Å². The topological polar surface area (TPSA) is 46.3 Å². The molecule has 0 unspecified atom stereocenters. The second-order valence-corrected chi connectivity index (χ2v) is 5.22. The Bertz CT molecular complexity index is 594. The summed E-state index contributed by atoms with van der Waals surface area (Å²) in [5.41, 5.74) is 10.2. The van der Waals surface area contributed by atoms with Crippen LogP contribution in [0, 0.1) is 0 Å². The predicted molar refractivity (Wildman–Crippen MR) is 78.7 cm³/mol. The van der Waals surface area contributed by atoms with Crippen molar-refractivity contribution in [1.82, 2.24) is 4.90 Å². The lowest BCUT2D eigenvalue weighted by atomic mass is 10.1. The molecule has 102 valence electrons. The van der Waals surface area contributed by atoms with Gasteiger partial charge in [-0.2, -0.15) is 0 Å². The van der Waals surface area contributed by atoms with Gasteiger partial charge in [0.05, 0.1) is 6.42 Å². The van der Waals surface area contributed by atoms with Gasteiger partial charge in [-0.25, -0.2) is 0 Å². The highest BCUT2D eigenvalue weighted by molar-refractivity contribution is 5.79. The molecule has 1 amide bonds. The van der Waals surface area contributed by atoms with Crippen molar-refractivity contribution in [3.05, 3.63) is 70.8 Å². The lowest BCUT2D eigenvalue weighted by Crippen LogP contribution is -2.26. The molecule has 0 radical (unpaired) electrons. The molecule has 0 atom stereocenters. The van der Waals surface area contributed by atoms with Crippen LogP contribution in [-0.4, -0.2) is 10.8 Å².